The first-order valence-electron chi connectivity index (χ1n) is 1.51. The van der Waals surface area contributed by atoms with Gasteiger partial charge in [-0.1, -0.05) is 0 Å². The molecular weight excluding hydrogens is 211 g/mol. The molecule has 0 aliphatic rings. The summed E-state index contributed by atoms with van der Waals surface area (Å²) in [4.78, 5) is 1.86. The van der Waals surface area contributed by atoms with Crippen molar-refractivity contribution in [3.8, 4) is 0 Å². The van der Waals surface area contributed by atoms with Gasteiger partial charge in [-0.15, -0.1) is 0 Å². The molecule has 0 fully saturated rings. The van der Waals surface area contributed by atoms with Crippen LogP contribution in [0.4, 0.5) is 0 Å². The van der Waals surface area contributed by atoms with Crippen molar-refractivity contribution in [1.82, 2.24) is 0 Å². The zero-order chi connectivity index (χ0) is 4.99. The second kappa shape index (κ2) is 4.04. The van der Waals surface area contributed by atoms with Gasteiger partial charge in [-0.25, -0.2) is 0 Å². The third-order valence-corrected chi connectivity index (χ3v) is 4.40. The molecule has 0 heterocycles. The molecule has 1 N–H and O–H groups in total. The predicted octanol–water partition coefficient (Wildman–Crippen LogP) is -0.728. The molecule has 1 unspecified atom stereocenters. The molecule has 3 nitrogen and oxygen atoms in total. The third kappa shape index (κ3) is 4.87. The molecule has 0 aliphatic carbocycles. The van der Waals surface area contributed by atoms with Gasteiger partial charge in [-0.2, -0.15) is 0 Å². The van der Waals surface area contributed by atoms with Crippen LogP contribution >= 0.6 is 0 Å². The molecule has 0 aliphatic heterocycles. The van der Waals surface area contributed by atoms with Crippen molar-refractivity contribution < 1.29 is 11.3 Å². The summed E-state index contributed by atoms with van der Waals surface area (Å²) in [6.45, 7) is 0. The van der Waals surface area contributed by atoms with Gasteiger partial charge in [0.1, 0.15) is 0 Å². The van der Waals surface area contributed by atoms with E-state index in [1.54, 1.807) is 0 Å². The molecule has 0 saturated carbocycles. The summed E-state index contributed by atoms with van der Waals surface area (Å²) in [6.07, 6.45) is 0. The fourth-order valence-electron chi connectivity index (χ4n) is 0.101. The molecule has 38 valence electrons. The average molecular weight is 217 g/mol. The van der Waals surface area contributed by atoms with Gasteiger partial charge in [-0.05, 0) is 0 Å². The Morgan fingerprint density at radius 3 is 2.50 bits per heavy atom. The molecule has 0 radical (unpaired) electrons. The molecule has 0 saturated heterocycles. The van der Waals surface area contributed by atoms with E-state index < -0.39 is 32.9 Å². The van der Waals surface area contributed by atoms with Crippen molar-refractivity contribution in [2.24, 2.45) is 0 Å². The van der Waals surface area contributed by atoms with Gasteiger partial charge < -0.3 is 0 Å². The van der Waals surface area contributed by atoms with Crippen LogP contribution in [0.25, 0.3) is 0 Å². The fourth-order valence-corrected chi connectivity index (χ4v) is 2.03. The minimum atomic E-state index is -1.97. The molecule has 0 spiro atoms. The number of hydrogen-bond donors (Lipinski definition) is 1. The Hall–Kier alpha value is 0.869. The van der Waals surface area contributed by atoms with Gasteiger partial charge in [0.2, 0.25) is 0 Å². The Balaban J connectivity index is 2.83. The van der Waals surface area contributed by atoms with Crippen LogP contribution in [0.1, 0.15) is 0 Å². The van der Waals surface area contributed by atoms with E-state index in [0.29, 0.717) is 0 Å². The Labute approximate surface area is 49.3 Å². The summed E-state index contributed by atoms with van der Waals surface area (Å²) in [7, 11) is 0. The molecule has 0 aromatic carbocycles. The van der Waals surface area contributed by atoms with E-state index in [0.717, 1.165) is 0 Å². The topological polar surface area (TPSA) is 46.5 Å². The van der Waals surface area contributed by atoms with Gasteiger partial charge in [-0.3, -0.25) is 0 Å². The maximum absolute atomic E-state index is 9.54. The van der Waals surface area contributed by atoms with Crippen molar-refractivity contribution >= 4 is 32.9 Å². The van der Waals surface area contributed by atoms with Crippen LogP contribution in [0, 0.1) is 0 Å². The molecule has 1 atom stereocenters. The summed E-state index contributed by atoms with van der Waals surface area (Å²) in [5.41, 5.74) is 0. The normalized spacial score (nSPS) is 16.3. The average Bonchev–Trinajstić information content (AvgIpc) is 1.35. The zero-order valence-corrected chi connectivity index (χ0v) is 8.23. The van der Waals surface area contributed by atoms with Crippen molar-refractivity contribution in [3.05, 3.63) is 0 Å². The fraction of sp³-hybridized carbons (Fsp3) is 1.00. The Morgan fingerprint density at radius 2 is 2.50 bits per heavy atom. The predicted molar refractivity (Wildman–Crippen MR) is 26.3 cm³/mol. The van der Waals surface area contributed by atoms with E-state index in [1.807, 2.05) is 4.94 Å². The van der Waals surface area contributed by atoms with E-state index in [2.05, 4.69) is 2.52 Å². The van der Waals surface area contributed by atoms with Gasteiger partial charge in [0.25, 0.3) is 0 Å². The van der Waals surface area contributed by atoms with E-state index in [9.17, 15) is 4.21 Å². The molecule has 0 amide bonds. The van der Waals surface area contributed by atoms with Crippen LogP contribution in [0.3, 0.4) is 0 Å². The number of hydrogen-bond acceptors (Lipinski definition) is 2. The summed E-state index contributed by atoms with van der Waals surface area (Å²) in [5, 5.41) is 0. The van der Waals surface area contributed by atoms with Crippen molar-refractivity contribution in [2.45, 2.75) is 4.94 Å². The molecule has 0 aromatic heterocycles. The van der Waals surface area contributed by atoms with Crippen LogP contribution in [-0.2, 0) is 13.9 Å². The maximum atomic E-state index is 9.54. The molecule has 5 heteroatoms. The third-order valence-electron chi connectivity index (χ3n) is 0.219. The molecule has 6 heavy (non-hydrogen) atoms. The molecule has 0 aromatic rings. The Bertz CT molecular complexity index is 54.8. The van der Waals surface area contributed by atoms with Crippen molar-refractivity contribution in [3.63, 3.8) is 0 Å². The van der Waals surface area contributed by atoms with Gasteiger partial charge >= 0.3 is 49.1 Å². The van der Waals surface area contributed by atoms with Crippen LogP contribution in [0.15, 0.2) is 0 Å². The summed E-state index contributed by atoms with van der Waals surface area (Å²) in [6, 6.07) is 0. The van der Waals surface area contributed by atoms with E-state index >= 15 is 0 Å². The van der Waals surface area contributed by atoms with Gasteiger partial charge in [0, 0.05) is 0 Å². The monoisotopic (exact) mass is 218 g/mol. The van der Waals surface area contributed by atoms with Crippen LogP contribution in [0.5, 0.6) is 0 Å². The zero-order valence-electron chi connectivity index (χ0n) is 3.38. The summed E-state index contributed by atoms with van der Waals surface area (Å²) >= 11 is -3.15. The second-order valence-electron chi connectivity index (χ2n) is 0.624. The summed E-state index contributed by atoms with van der Waals surface area (Å²) < 4.78 is 21.7. The van der Waals surface area contributed by atoms with Crippen molar-refractivity contribution in [2.75, 3.05) is 0 Å². The van der Waals surface area contributed by atoms with Gasteiger partial charge in [0.05, 0.1) is 0 Å². The van der Waals surface area contributed by atoms with Crippen LogP contribution in [0.2, 0.25) is 4.94 Å². The summed E-state index contributed by atoms with van der Waals surface area (Å²) in [5.74, 6) is 0. The van der Waals surface area contributed by atoms with E-state index in [4.69, 9.17) is 4.55 Å². The number of rotatable bonds is 2. The molecule has 0 rings (SSSR count). The Morgan fingerprint density at radius 1 is 2.00 bits per heavy atom. The molecule has 0 bridgehead atoms. The van der Waals surface area contributed by atoms with Gasteiger partial charge in [0.15, 0.2) is 0 Å². The first-order chi connectivity index (χ1) is 2.77. The standard InChI is InChI=1S/CH3.H2O3S.Sn.2H/c;1-4(2)3;;;/h1H3;(H2,1,2,3);;;/q;;+1;;/p-1. The quantitative estimate of drug-likeness (QED) is 0.489. The van der Waals surface area contributed by atoms with E-state index in [1.165, 1.54) is 0 Å². The van der Waals surface area contributed by atoms with Crippen LogP contribution in [-0.4, -0.2) is 30.3 Å². The minimum absolute atomic E-state index is 1.18. The first kappa shape index (κ1) is 6.87. The Kier molecular flexibility index (Phi) is 4.62. The first-order valence-corrected chi connectivity index (χ1v) is 8.23. The van der Waals surface area contributed by atoms with E-state index in [-0.39, 0.29) is 0 Å². The van der Waals surface area contributed by atoms with Crippen molar-refractivity contribution in [1.29, 1.82) is 0 Å². The molecular formula is CH6O3SSn. The second-order valence-corrected chi connectivity index (χ2v) is 4.96. The van der Waals surface area contributed by atoms with Crippen LogP contribution < -0.4 is 0 Å². The SMILES string of the molecule is [CH3][SnH2][O]S(=O)O.